The number of aromatic nitrogens is 2. The molecular weight excluding hydrogens is 418 g/mol. The Kier molecular flexibility index (Phi) is 6.35. The molecule has 0 bridgehead atoms. The van der Waals surface area contributed by atoms with Crippen LogP contribution >= 0.6 is 11.6 Å². The highest BCUT2D eigenvalue weighted by atomic mass is 35.5. The van der Waals surface area contributed by atoms with Crippen molar-refractivity contribution in [2.45, 2.75) is 6.61 Å². The smallest absolute Gasteiger partial charge is 0.226 e. The van der Waals surface area contributed by atoms with E-state index in [0.717, 1.165) is 16.7 Å². The number of aliphatic hydroxyl groups is 1. The molecule has 158 valence electrons. The van der Waals surface area contributed by atoms with Gasteiger partial charge in [0.05, 0.1) is 6.61 Å². The third-order valence-electron chi connectivity index (χ3n) is 4.38. The Balaban J connectivity index is 1.45. The first-order valence-corrected chi connectivity index (χ1v) is 9.93. The van der Waals surface area contributed by atoms with Gasteiger partial charge >= 0.3 is 0 Å². The van der Waals surface area contributed by atoms with Crippen LogP contribution in [0.5, 0.6) is 11.6 Å². The number of nitrogens with zero attached hydrogens (tertiary/aromatic N) is 2. The van der Waals surface area contributed by atoms with Crippen molar-refractivity contribution in [2.24, 2.45) is 0 Å². The Morgan fingerprint density at radius 3 is 2.39 bits per heavy atom. The minimum Gasteiger partial charge on any atom is -0.491 e. The second-order valence-electron chi connectivity index (χ2n) is 6.65. The van der Waals surface area contributed by atoms with E-state index in [9.17, 15) is 0 Å². The number of anilines is 1. The standard InChI is InChI=1S/C23H20ClN3O4/c24-18-5-1-16(2-6-18)23-26-19(14-31-23)13-30-22-12-17(11-21(25)27-22)15-3-7-20(8-4-15)29-10-9-28/h1-8,11-12,14,28H,9-10,13H2,(H2,25,27). The summed E-state index contributed by atoms with van der Waals surface area (Å²) >= 11 is 5.92. The molecule has 2 aromatic carbocycles. The van der Waals surface area contributed by atoms with Crippen LogP contribution in [0.15, 0.2) is 71.3 Å². The number of pyridine rings is 1. The third-order valence-corrected chi connectivity index (χ3v) is 4.63. The van der Waals surface area contributed by atoms with Crippen molar-refractivity contribution in [3.63, 3.8) is 0 Å². The van der Waals surface area contributed by atoms with E-state index in [1.165, 1.54) is 0 Å². The normalized spacial score (nSPS) is 10.8. The van der Waals surface area contributed by atoms with Crippen molar-refractivity contribution in [1.82, 2.24) is 9.97 Å². The number of halogens is 1. The Hall–Kier alpha value is -3.55. The fraction of sp³-hybridized carbons (Fsp3) is 0.130. The molecule has 0 aliphatic heterocycles. The summed E-state index contributed by atoms with van der Waals surface area (Å²) in [6.07, 6.45) is 1.54. The molecule has 2 heterocycles. The molecule has 0 atom stereocenters. The van der Waals surface area contributed by atoms with Gasteiger partial charge in [0.1, 0.15) is 36.7 Å². The lowest BCUT2D eigenvalue weighted by molar-refractivity contribution is 0.201. The number of aliphatic hydroxyl groups excluding tert-OH is 1. The van der Waals surface area contributed by atoms with Gasteiger partial charge in [0.15, 0.2) is 0 Å². The Labute approximate surface area is 184 Å². The molecule has 0 saturated carbocycles. The highest BCUT2D eigenvalue weighted by molar-refractivity contribution is 6.30. The van der Waals surface area contributed by atoms with Crippen LogP contribution in [0.3, 0.4) is 0 Å². The van der Waals surface area contributed by atoms with Crippen molar-refractivity contribution >= 4 is 17.4 Å². The molecule has 0 fully saturated rings. The number of nitrogen functional groups attached to an aromatic ring is 1. The summed E-state index contributed by atoms with van der Waals surface area (Å²) in [5.41, 5.74) is 9.21. The minimum atomic E-state index is -0.0317. The monoisotopic (exact) mass is 437 g/mol. The quantitative estimate of drug-likeness (QED) is 0.415. The van der Waals surface area contributed by atoms with Crippen molar-refractivity contribution in [1.29, 1.82) is 0 Å². The Morgan fingerprint density at radius 1 is 0.903 bits per heavy atom. The molecule has 0 aliphatic rings. The lowest BCUT2D eigenvalue weighted by Gasteiger charge is -2.09. The predicted octanol–water partition coefficient (Wildman–Crippen LogP) is 4.59. The number of hydrogen-bond acceptors (Lipinski definition) is 7. The van der Waals surface area contributed by atoms with Gasteiger partial charge in [-0.25, -0.2) is 4.98 Å². The molecule has 4 rings (SSSR count). The first-order chi connectivity index (χ1) is 15.1. The summed E-state index contributed by atoms with van der Waals surface area (Å²) < 4.78 is 16.7. The summed E-state index contributed by atoms with van der Waals surface area (Å²) in [4.78, 5) is 8.67. The lowest BCUT2D eigenvalue weighted by atomic mass is 10.1. The van der Waals surface area contributed by atoms with E-state index >= 15 is 0 Å². The molecule has 31 heavy (non-hydrogen) atoms. The van der Waals surface area contributed by atoms with E-state index in [0.29, 0.717) is 34.1 Å². The van der Waals surface area contributed by atoms with Gasteiger partial charge in [-0.3, -0.25) is 0 Å². The summed E-state index contributed by atoms with van der Waals surface area (Å²) in [6.45, 7) is 0.401. The number of rotatable bonds is 8. The molecule has 3 N–H and O–H groups in total. The lowest BCUT2D eigenvalue weighted by Crippen LogP contribution is -2.01. The summed E-state index contributed by atoms with van der Waals surface area (Å²) in [6, 6.07) is 18.3. The topological polar surface area (TPSA) is 104 Å². The van der Waals surface area contributed by atoms with Gasteiger partial charge < -0.3 is 24.7 Å². The molecule has 0 unspecified atom stereocenters. The third kappa shape index (κ3) is 5.33. The first kappa shape index (κ1) is 20.7. The number of nitrogens with two attached hydrogens (primary N) is 1. The van der Waals surface area contributed by atoms with Crippen LogP contribution in [0, 0.1) is 0 Å². The van der Waals surface area contributed by atoms with Crippen molar-refractivity contribution in [2.75, 3.05) is 18.9 Å². The summed E-state index contributed by atoms with van der Waals surface area (Å²) in [7, 11) is 0. The number of oxazole rings is 1. The second-order valence-corrected chi connectivity index (χ2v) is 7.09. The van der Waals surface area contributed by atoms with Crippen molar-refractivity contribution in [3.8, 4) is 34.2 Å². The molecular formula is C23H20ClN3O4. The van der Waals surface area contributed by atoms with Gasteiger partial charge in [0.25, 0.3) is 0 Å². The fourth-order valence-electron chi connectivity index (χ4n) is 2.92. The molecule has 7 nitrogen and oxygen atoms in total. The molecule has 8 heteroatoms. The molecule has 4 aromatic rings. The van der Waals surface area contributed by atoms with E-state index in [1.807, 2.05) is 36.4 Å². The second kappa shape index (κ2) is 9.51. The van der Waals surface area contributed by atoms with Crippen LogP contribution in [-0.2, 0) is 6.61 Å². The predicted molar refractivity (Wildman–Crippen MR) is 118 cm³/mol. The molecule has 0 aliphatic carbocycles. The van der Waals surface area contributed by atoms with Gasteiger partial charge in [0.2, 0.25) is 11.8 Å². The largest absolute Gasteiger partial charge is 0.491 e. The van der Waals surface area contributed by atoms with E-state index < -0.39 is 0 Å². The molecule has 0 amide bonds. The Morgan fingerprint density at radius 2 is 1.65 bits per heavy atom. The highest BCUT2D eigenvalue weighted by Crippen LogP contribution is 2.27. The van der Waals surface area contributed by atoms with Gasteiger partial charge in [0, 0.05) is 16.7 Å². The van der Waals surface area contributed by atoms with Gasteiger partial charge in [-0.1, -0.05) is 23.7 Å². The fourth-order valence-corrected chi connectivity index (χ4v) is 3.05. The zero-order valence-corrected chi connectivity index (χ0v) is 17.2. The van der Waals surface area contributed by atoms with E-state index in [4.69, 9.17) is 36.3 Å². The summed E-state index contributed by atoms with van der Waals surface area (Å²) in [5.74, 6) is 1.89. The number of ether oxygens (including phenoxy) is 2. The Bertz CT molecular complexity index is 1140. The summed E-state index contributed by atoms with van der Waals surface area (Å²) in [5, 5.41) is 9.50. The number of benzene rings is 2. The van der Waals surface area contributed by atoms with Crippen LogP contribution in [-0.4, -0.2) is 28.3 Å². The molecule has 0 saturated heterocycles. The van der Waals surface area contributed by atoms with E-state index in [-0.39, 0.29) is 19.8 Å². The maximum absolute atomic E-state index is 8.85. The van der Waals surface area contributed by atoms with E-state index in [1.54, 1.807) is 30.5 Å². The average molecular weight is 438 g/mol. The van der Waals surface area contributed by atoms with E-state index in [2.05, 4.69) is 9.97 Å². The van der Waals surface area contributed by atoms with Crippen LogP contribution < -0.4 is 15.2 Å². The zero-order chi connectivity index (χ0) is 21.6. The number of hydrogen-bond donors (Lipinski definition) is 2. The van der Waals surface area contributed by atoms with Gasteiger partial charge in [-0.2, -0.15) is 4.98 Å². The molecule has 2 aromatic heterocycles. The van der Waals surface area contributed by atoms with Crippen LogP contribution in [0.1, 0.15) is 5.69 Å². The zero-order valence-electron chi connectivity index (χ0n) is 16.5. The van der Waals surface area contributed by atoms with Crippen molar-refractivity contribution in [3.05, 3.63) is 77.6 Å². The maximum Gasteiger partial charge on any atom is 0.226 e. The first-order valence-electron chi connectivity index (χ1n) is 9.55. The maximum atomic E-state index is 8.85. The van der Waals surface area contributed by atoms with Crippen molar-refractivity contribution < 1.29 is 19.0 Å². The minimum absolute atomic E-state index is 0.0317. The van der Waals surface area contributed by atoms with Crippen LogP contribution in [0.25, 0.3) is 22.6 Å². The highest BCUT2D eigenvalue weighted by Gasteiger charge is 2.09. The van der Waals surface area contributed by atoms with Crippen LogP contribution in [0.2, 0.25) is 5.02 Å². The average Bonchev–Trinajstić information content (AvgIpc) is 3.26. The van der Waals surface area contributed by atoms with Crippen LogP contribution in [0.4, 0.5) is 5.82 Å². The molecule has 0 radical (unpaired) electrons. The van der Waals surface area contributed by atoms with Gasteiger partial charge in [-0.05, 0) is 53.6 Å². The molecule has 0 spiro atoms. The van der Waals surface area contributed by atoms with Gasteiger partial charge in [-0.15, -0.1) is 0 Å². The SMILES string of the molecule is Nc1cc(-c2ccc(OCCO)cc2)cc(OCc2coc(-c3ccc(Cl)cc3)n2)n1.